The minimum Gasteiger partial charge on any atom is -0.314 e. The molecule has 0 aromatic carbocycles. The van der Waals surface area contributed by atoms with Crippen LogP contribution >= 0.6 is 0 Å². The van der Waals surface area contributed by atoms with Gasteiger partial charge < -0.3 is 10.6 Å². The molecule has 8 unspecified atom stereocenters. The number of nitrogens with zero attached hydrogens (tertiary/aromatic N) is 22. The van der Waals surface area contributed by atoms with E-state index in [4.69, 9.17) is 0 Å². The van der Waals surface area contributed by atoms with Crippen molar-refractivity contribution in [2.24, 2.45) is 0 Å². The fourth-order valence-electron chi connectivity index (χ4n) is 15.5. The average Bonchev–Trinajstić information content (AvgIpc) is 3.69. The van der Waals surface area contributed by atoms with Gasteiger partial charge in [-0.2, -0.15) is 0 Å². The monoisotopic (exact) mass is 968 g/mol. The van der Waals surface area contributed by atoms with Crippen molar-refractivity contribution in [1.29, 1.82) is 0 Å². The predicted molar refractivity (Wildman–Crippen MR) is 203 cm³/mol. The van der Waals surface area contributed by atoms with E-state index in [2.05, 4.69) is 10.6 Å². The minimum absolute atomic E-state index is 0.374. The number of urea groups is 12. The van der Waals surface area contributed by atoms with Gasteiger partial charge in [-0.1, -0.05) is 0 Å². The molecule has 19 heterocycles. The molecular formula is C34H32N24O12. The molecule has 12 atom stereocenters. The average molecular weight is 969 g/mol. The van der Waals surface area contributed by atoms with Gasteiger partial charge in [0.2, 0.25) is 11.6 Å². The molecule has 0 aliphatic carbocycles. The molecule has 19 saturated heterocycles. The molecule has 0 aromatic heterocycles. The third-order valence-electron chi connectivity index (χ3n) is 18.4. The standard InChI is InChI=1S/C34H32N24O12/c59-21-35-11-13-39(21)3-43-15-16-44(25(43)63)4-40-14-12(36-22(40)60)38-2-52-20-34-54(30(52)68)8-48-18-17-47(27(48)65)7-53-29(67)51(1-37(11)23(61)41(13)5-45(15)26(64)46(16)6-42(14)24(38)62)19-33(53)55(31(69)57(19)33)9-49(17)28(66)50(18)10-56(34)32(70)58(20)34/h11-20H,1-10H2,(H,35,59)(H,36,60)/t11?,12?,13?,14?,15?,16?,17-,18+,19?,20?,33-,34+,57?,58?. The first-order chi connectivity index (χ1) is 33.7. The Bertz CT molecular complexity index is 2740. The Kier molecular flexibility index (Phi) is 4.93. The van der Waals surface area contributed by atoms with E-state index >= 15 is 0 Å². The van der Waals surface area contributed by atoms with Gasteiger partial charge in [0.05, 0.1) is 0 Å². The molecule has 70 heavy (non-hydrogen) atoms. The summed E-state index contributed by atoms with van der Waals surface area (Å²) in [6, 6.07) is -7.70. The zero-order valence-electron chi connectivity index (χ0n) is 35.6. The number of hydrogen-bond acceptors (Lipinski definition) is 12. The molecule has 36 nitrogen and oxygen atoms in total. The molecule has 19 aliphatic rings. The summed E-state index contributed by atoms with van der Waals surface area (Å²) in [7, 11) is 0. The maximum Gasteiger partial charge on any atom is 0.330 e. The van der Waals surface area contributed by atoms with Gasteiger partial charge in [-0.25, -0.2) is 57.5 Å². The van der Waals surface area contributed by atoms with E-state index in [-0.39, 0.29) is 13.3 Å². The number of fused-ring (bicyclic) bond motifs is 10. The Morgan fingerprint density at radius 3 is 0.871 bits per heavy atom. The molecule has 0 saturated carbocycles. The molecule has 19 rings (SSSR count). The Labute approximate surface area is 387 Å². The SMILES string of the molecule is O=C1NC2C3N1CN1C(=O)N4CN5C(=O)NC6C5N5CN7C(=O)N(CN3C(=O)N2CN2C(=O)N3CN8C(=O)N9CN%10C(=O)N(CN6C5=O)C5N6C(=O)N(CN%11C(=O)N(CN%12C(=O)N%13C2[C@]3%12%13)[C@H]8[C@H]9%11)[C@@]5%106)C1C47. The zero-order valence-corrected chi connectivity index (χ0v) is 35.6. The van der Waals surface area contributed by atoms with Crippen LogP contribution in [0.3, 0.4) is 0 Å². The van der Waals surface area contributed by atoms with Crippen LogP contribution in [0.15, 0.2) is 0 Å². The number of carbonyl (C=O) groups excluding carboxylic acids is 12. The molecule has 2 spiro atoms. The first-order valence-electron chi connectivity index (χ1n) is 22.7. The molecule has 36 heteroatoms. The Morgan fingerprint density at radius 2 is 0.529 bits per heavy atom. The zero-order chi connectivity index (χ0) is 46.9. The summed E-state index contributed by atoms with van der Waals surface area (Å²) >= 11 is 0. The fourth-order valence-corrected chi connectivity index (χ4v) is 15.5. The molecule has 19 aliphatic heterocycles. The lowest BCUT2D eigenvalue weighted by molar-refractivity contribution is -0.0918. The van der Waals surface area contributed by atoms with Crippen LogP contribution in [0.1, 0.15) is 0 Å². The van der Waals surface area contributed by atoms with Crippen LogP contribution in [0, 0.1) is 0 Å². The second-order valence-corrected chi connectivity index (χ2v) is 20.6. The molecule has 2 N–H and O–H groups in total. The summed E-state index contributed by atoms with van der Waals surface area (Å²) in [5, 5.41) is 5.65. The van der Waals surface area contributed by atoms with E-state index in [0.29, 0.717) is 0 Å². The van der Waals surface area contributed by atoms with Gasteiger partial charge in [-0.3, -0.25) is 108 Å². The summed E-state index contributed by atoms with van der Waals surface area (Å²) < 4.78 is 0. The molecule has 0 radical (unpaired) electrons. The Morgan fingerprint density at radius 1 is 0.271 bits per heavy atom. The highest BCUT2D eigenvalue weighted by molar-refractivity contribution is 5.99. The van der Waals surface area contributed by atoms with Crippen molar-refractivity contribution in [2.45, 2.75) is 73.2 Å². The lowest BCUT2D eigenvalue weighted by Gasteiger charge is -2.50. The van der Waals surface area contributed by atoms with Crippen molar-refractivity contribution in [1.82, 2.24) is 118 Å². The third-order valence-corrected chi connectivity index (χ3v) is 18.4. The van der Waals surface area contributed by atoms with Crippen molar-refractivity contribution in [3.8, 4) is 0 Å². The van der Waals surface area contributed by atoms with E-state index in [0.717, 1.165) is 0 Å². The predicted octanol–water partition coefficient (Wildman–Crippen LogP) is -6.35. The highest BCUT2D eigenvalue weighted by Crippen LogP contribution is 2.65. The maximum absolute atomic E-state index is 15.0. The Hall–Kier alpha value is -8.76. The van der Waals surface area contributed by atoms with Gasteiger partial charge in [-0.15, -0.1) is 0 Å². The van der Waals surface area contributed by atoms with Crippen molar-refractivity contribution < 1.29 is 57.5 Å². The largest absolute Gasteiger partial charge is 0.330 e. The van der Waals surface area contributed by atoms with Crippen LogP contribution in [-0.2, 0) is 0 Å². The molecule has 19 fully saturated rings. The second kappa shape index (κ2) is 9.75. The normalized spacial score (nSPS) is 42.6. The Balaban J connectivity index is 0.781. The van der Waals surface area contributed by atoms with Crippen molar-refractivity contribution in [3.63, 3.8) is 0 Å². The van der Waals surface area contributed by atoms with E-state index in [1.54, 1.807) is 0 Å². The van der Waals surface area contributed by atoms with E-state index in [1.165, 1.54) is 108 Å². The van der Waals surface area contributed by atoms with Gasteiger partial charge in [0.1, 0.15) is 79.0 Å². The summed E-state index contributed by atoms with van der Waals surface area (Å²) in [6.07, 6.45) is -11.0. The summed E-state index contributed by atoms with van der Waals surface area (Å²) in [6.45, 7) is -4.37. The van der Waals surface area contributed by atoms with Crippen molar-refractivity contribution in [3.05, 3.63) is 0 Å². The van der Waals surface area contributed by atoms with Gasteiger partial charge in [0, 0.05) is 0 Å². The van der Waals surface area contributed by atoms with Gasteiger partial charge >= 0.3 is 72.4 Å². The highest BCUT2D eigenvalue weighted by atomic mass is 16.3. The van der Waals surface area contributed by atoms with Crippen LogP contribution in [-0.4, -0.2) is 320 Å². The van der Waals surface area contributed by atoms with Gasteiger partial charge in [-0.05, 0) is 0 Å². The quantitative estimate of drug-likeness (QED) is 0.214. The lowest BCUT2D eigenvalue weighted by atomic mass is 10.2. The number of hydrogen-bond donors (Lipinski definition) is 2. The van der Waals surface area contributed by atoms with Crippen molar-refractivity contribution >= 4 is 72.4 Å². The molecule has 12 bridgehead atoms. The summed E-state index contributed by atoms with van der Waals surface area (Å²) in [5.41, 5.74) is 0. The maximum atomic E-state index is 15.0. The molecular weight excluding hydrogens is 937 g/mol. The number of nitrogens with one attached hydrogen (secondary N) is 2. The molecule has 360 valence electrons. The minimum atomic E-state index is -1.47. The smallest absolute Gasteiger partial charge is 0.314 e. The highest BCUT2D eigenvalue weighted by Gasteiger charge is 2.93. The summed E-state index contributed by atoms with van der Waals surface area (Å²) in [4.78, 5) is 204. The topological polar surface area (TPSA) is 300 Å². The van der Waals surface area contributed by atoms with E-state index in [1.807, 2.05) is 0 Å². The number of carbonyl (C=O) groups is 12. The van der Waals surface area contributed by atoms with Crippen LogP contribution in [0.2, 0.25) is 0 Å². The first kappa shape index (κ1) is 35.4. The lowest BCUT2D eigenvalue weighted by Crippen LogP contribution is -2.74. The summed E-state index contributed by atoms with van der Waals surface area (Å²) in [5.74, 6) is -2.95. The van der Waals surface area contributed by atoms with Crippen LogP contribution < -0.4 is 10.6 Å². The number of amides is 24. The number of rotatable bonds is 0. The van der Waals surface area contributed by atoms with E-state index < -0.39 is 199 Å². The van der Waals surface area contributed by atoms with Crippen LogP contribution in [0.25, 0.3) is 0 Å². The second-order valence-electron chi connectivity index (χ2n) is 20.6. The van der Waals surface area contributed by atoms with Crippen LogP contribution in [0.5, 0.6) is 0 Å². The molecule has 0 aromatic rings. The van der Waals surface area contributed by atoms with Crippen molar-refractivity contribution in [2.75, 3.05) is 66.7 Å². The van der Waals surface area contributed by atoms with Gasteiger partial charge in [0.25, 0.3) is 0 Å². The first-order valence-corrected chi connectivity index (χ1v) is 22.7. The van der Waals surface area contributed by atoms with Crippen LogP contribution in [0.4, 0.5) is 57.5 Å². The van der Waals surface area contributed by atoms with Gasteiger partial charge in [0.15, 0.2) is 49.3 Å². The fraction of sp³-hybridized carbons (Fsp3) is 0.647. The third kappa shape index (κ3) is 2.99. The van der Waals surface area contributed by atoms with E-state index in [9.17, 15) is 57.5 Å². The molecule has 24 amide bonds.